The molecule has 2 amide bonds. The van der Waals surface area contributed by atoms with Gasteiger partial charge in [-0.15, -0.1) is 0 Å². The van der Waals surface area contributed by atoms with E-state index in [-0.39, 0.29) is 17.5 Å². The Bertz CT molecular complexity index is 1430. The maximum Gasteiger partial charge on any atom is 0.322 e. The van der Waals surface area contributed by atoms with Gasteiger partial charge in [-0.2, -0.15) is 0 Å². The zero-order valence-electron chi connectivity index (χ0n) is 21.4. The number of aromatic nitrogens is 2. The van der Waals surface area contributed by atoms with Crippen molar-refractivity contribution < 1.29 is 9.53 Å². The molecule has 0 aliphatic carbocycles. The molecule has 7 nitrogen and oxygen atoms in total. The lowest BCUT2D eigenvalue weighted by Crippen LogP contribution is -2.42. The molecule has 4 rings (SSSR count). The predicted molar refractivity (Wildman–Crippen MR) is 152 cm³/mol. The number of carbonyl (C=O) groups is 1. The monoisotopic (exact) mass is 562 g/mol. The van der Waals surface area contributed by atoms with E-state index in [1.54, 1.807) is 46.9 Å². The number of nitrogens with one attached hydrogen (secondary N) is 1. The molecule has 0 saturated carbocycles. The standard InChI is InChI=1S/C29H31BrN4O3/c1-5-26(33(18-19(2)3)29(36)31-21-12-16-23(37-4)17-13-21)27-32-25-9-7-6-8-24(25)28(35)34(27)22-14-10-20(30)11-15-22/h6-17,19,26H,5,18H2,1-4H3,(H,31,36). The van der Waals surface area contributed by atoms with Gasteiger partial charge in [0.15, 0.2) is 0 Å². The average molecular weight is 563 g/mol. The summed E-state index contributed by atoms with van der Waals surface area (Å²) in [7, 11) is 1.60. The zero-order valence-corrected chi connectivity index (χ0v) is 23.0. The molecule has 8 heteroatoms. The minimum atomic E-state index is -0.443. The number of urea groups is 1. The molecule has 4 aromatic rings. The molecule has 1 heterocycles. The number of halogens is 1. The van der Waals surface area contributed by atoms with Gasteiger partial charge in [-0.25, -0.2) is 9.78 Å². The first-order valence-corrected chi connectivity index (χ1v) is 13.1. The third-order valence-electron chi connectivity index (χ3n) is 6.11. The maximum absolute atomic E-state index is 13.8. The predicted octanol–water partition coefficient (Wildman–Crippen LogP) is 6.80. The second-order valence-electron chi connectivity index (χ2n) is 9.23. The average Bonchev–Trinajstić information content (AvgIpc) is 2.89. The Morgan fingerprint density at radius 2 is 1.73 bits per heavy atom. The van der Waals surface area contributed by atoms with Crippen LogP contribution in [0.3, 0.4) is 0 Å². The highest BCUT2D eigenvalue weighted by Crippen LogP contribution is 2.28. The number of benzene rings is 3. The summed E-state index contributed by atoms with van der Waals surface area (Å²) >= 11 is 3.48. The fourth-order valence-electron chi connectivity index (χ4n) is 4.37. The van der Waals surface area contributed by atoms with E-state index in [2.05, 4.69) is 35.1 Å². The summed E-state index contributed by atoms with van der Waals surface area (Å²) in [6.45, 7) is 6.63. The van der Waals surface area contributed by atoms with Crippen molar-refractivity contribution in [2.24, 2.45) is 5.92 Å². The van der Waals surface area contributed by atoms with Gasteiger partial charge in [-0.3, -0.25) is 9.36 Å². The number of carbonyl (C=O) groups excluding carboxylic acids is 1. The number of amides is 2. The fraction of sp³-hybridized carbons (Fsp3) is 0.276. The molecule has 0 saturated heterocycles. The number of rotatable bonds is 8. The van der Waals surface area contributed by atoms with Gasteiger partial charge >= 0.3 is 6.03 Å². The Labute approximate surface area is 225 Å². The second kappa shape index (κ2) is 11.6. The molecule has 1 aromatic heterocycles. The highest BCUT2D eigenvalue weighted by atomic mass is 79.9. The molecular weight excluding hydrogens is 532 g/mol. The largest absolute Gasteiger partial charge is 0.497 e. The molecule has 0 fully saturated rings. The van der Waals surface area contributed by atoms with Crippen molar-refractivity contribution in [2.45, 2.75) is 33.2 Å². The summed E-state index contributed by atoms with van der Waals surface area (Å²) < 4.78 is 7.77. The van der Waals surface area contributed by atoms with Crippen molar-refractivity contribution in [3.8, 4) is 11.4 Å². The van der Waals surface area contributed by atoms with Crippen molar-refractivity contribution in [3.63, 3.8) is 0 Å². The Balaban J connectivity index is 1.84. The molecule has 0 spiro atoms. The van der Waals surface area contributed by atoms with Gasteiger partial charge in [0, 0.05) is 16.7 Å². The smallest absolute Gasteiger partial charge is 0.322 e. The highest BCUT2D eigenvalue weighted by Gasteiger charge is 2.29. The number of para-hydroxylation sites is 1. The Morgan fingerprint density at radius 1 is 1.05 bits per heavy atom. The van der Waals surface area contributed by atoms with Crippen LogP contribution in [0.2, 0.25) is 0 Å². The van der Waals surface area contributed by atoms with Gasteiger partial charge in [-0.1, -0.05) is 48.8 Å². The Hall–Kier alpha value is -3.65. The minimum Gasteiger partial charge on any atom is -0.497 e. The van der Waals surface area contributed by atoms with Crippen molar-refractivity contribution in [1.82, 2.24) is 14.5 Å². The van der Waals surface area contributed by atoms with Crippen LogP contribution in [0, 0.1) is 5.92 Å². The topological polar surface area (TPSA) is 76.5 Å². The van der Waals surface area contributed by atoms with Crippen LogP contribution < -0.4 is 15.6 Å². The van der Waals surface area contributed by atoms with E-state index in [0.717, 1.165) is 4.47 Å². The molecule has 1 unspecified atom stereocenters. The number of hydrogen-bond acceptors (Lipinski definition) is 4. The van der Waals surface area contributed by atoms with Crippen LogP contribution in [0.25, 0.3) is 16.6 Å². The van der Waals surface area contributed by atoms with Gasteiger partial charge in [0.05, 0.1) is 29.7 Å². The van der Waals surface area contributed by atoms with Gasteiger partial charge in [0.1, 0.15) is 11.6 Å². The van der Waals surface area contributed by atoms with Gasteiger partial charge in [0.25, 0.3) is 5.56 Å². The van der Waals surface area contributed by atoms with E-state index < -0.39 is 6.04 Å². The van der Waals surface area contributed by atoms with Gasteiger partial charge in [-0.05, 0) is 73.0 Å². The first-order valence-electron chi connectivity index (χ1n) is 12.3. The third kappa shape index (κ3) is 5.85. The van der Waals surface area contributed by atoms with E-state index in [1.165, 1.54) is 0 Å². The lowest BCUT2D eigenvalue weighted by molar-refractivity contribution is 0.171. The van der Waals surface area contributed by atoms with E-state index in [4.69, 9.17) is 9.72 Å². The summed E-state index contributed by atoms with van der Waals surface area (Å²) in [4.78, 5) is 34.2. The Morgan fingerprint density at radius 3 is 2.35 bits per heavy atom. The maximum atomic E-state index is 13.8. The quantitative estimate of drug-likeness (QED) is 0.256. The molecule has 0 radical (unpaired) electrons. The van der Waals surface area contributed by atoms with Crippen LogP contribution in [-0.2, 0) is 0 Å². The van der Waals surface area contributed by atoms with Crippen LogP contribution in [0.5, 0.6) is 5.75 Å². The lowest BCUT2D eigenvalue weighted by atomic mass is 10.1. The first-order chi connectivity index (χ1) is 17.8. The summed E-state index contributed by atoms with van der Waals surface area (Å²) in [5, 5.41) is 3.54. The zero-order chi connectivity index (χ0) is 26.5. The summed E-state index contributed by atoms with van der Waals surface area (Å²) in [5.74, 6) is 1.44. The third-order valence-corrected chi connectivity index (χ3v) is 6.64. The van der Waals surface area contributed by atoms with E-state index in [9.17, 15) is 9.59 Å². The molecule has 0 bridgehead atoms. The van der Waals surface area contributed by atoms with E-state index in [1.807, 2.05) is 49.4 Å². The molecule has 3 aromatic carbocycles. The van der Waals surface area contributed by atoms with Crippen molar-refractivity contribution in [3.05, 3.63) is 93.4 Å². The second-order valence-corrected chi connectivity index (χ2v) is 10.1. The van der Waals surface area contributed by atoms with Crippen molar-refractivity contribution in [2.75, 3.05) is 19.0 Å². The van der Waals surface area contributed by atoms with E-state index in [0.29, 0.717) is 46.8 Å². The molecule has 0 aliphatic rings. The number of anilines is 1. The van der Waals surface area contributed by atoms with Crippen LogP contribution in [0.15, 0.2) is 82.1 Å². The van der Waals surface area contributed by atoms with E-state index >= 15 is 0 Å². The SMILES string of the molecule is CCC(c1nc2ccccc2c(=O)n1-c1ccc(Br)cc1)N(CC(C)C)C(=O)Nc1ccc(OC)cc1. The summed E-state index contributed by atoms with van der Waals surface area (Å²) in [5.41, 5.74) is 1.79. The summed E-state index contributed by atoms with van der Waals surface area (Å²) in [6, 6.07) is 21.4. The van der Waals surface area contributed by atoms with Crippen molar-refractivity contribution in [1.29, 1.82) is 0 Å². The van der Waals surface area contributed by atoms with Gasteiger partial charge in [0.2, 0.25) is 0 Å². The minimum absolute atomic E-state index is 0.165. The molecule has 1 N–H and O–H groups in total. The summed E-state index contributed by atoms with van der Waals surface area (Å²) in [6.07, 6.45) is 0.573. The fourth-order valence-corrected chi connectivity index (χ4v) is 4.63. The van der Waals surface area contributed by atoms with Gasteiger partial charge < -0.3 is 15.0 Å². The van der Waals surface area contributed by atoms with Crippen LogP contribution in [0.4, 0.5) is 10.5 Å². The molecule has 192 valence electrons. The Kier molecular flexibility index (Phi) is 8.28. The first kappa shape index (κ1) is 26.4. The van der Waals surface area contributed by atoms with Crippen LogP contribution in [0.1, 0.15) is 39.1 Å². The van der Waals surface area contributed by atoms with Crippen LogP contribution in [-0.4, -0.2) is 34.1 Å². The number of nitrogens with zero attached hydrogens (tertiary/aromatic N) is 3. The molecule has 1 atom stereocenters. The number of ether oxygens (including phenoxy) is 1. The molecule has 37 heavy (non-hydrogen) atoms. The highest BCUT2D eigenvalue weighted by molar-refractivity contribution is 9.10. The van der Waals surface area contributed by atoms with Crippen LogP contribution >= 0.6 is 15.9 Å². The molecule has 0 aliphatic heterocycles. The number of methoxy groups -OCH3 is 1. The lowest BCUT2D eigenvalue weighted by Gasteiger charge is -2.33. The normalized spacial score (nSPS) is 11.9. The number of hydrogen-bond donors (Lipinski definition) is 1. The molecular formula is C29H31BrN4O3. The number of fused-ring (bicyclic) bond motifs is 1. The van der Waals surface area contributed by atoms with Crippen molar-refractivity contribution >= 4 is 38.6 Å².